The van der Waals surface area contributed by atoms with Crippen molar-refractivity contribution in [1.29, 1.82) is 0 Å². The molecule has 222 valence electrons. The number of nitrogens with zero attached hydrogens (tertiary/aromatic N) is 3. The third-order valence-electron chi connectivity index (χ3n) is 6.64. The van der Waals surface area contributed by atoms with Gasteiger partial charge in [0.05, 0.1) is 16.8 Å². The van der Waals surface area contributed by atoms with Crippen molar-refractivity contribution in [1.82, 2.24) is 24.4 Å². The molecular formula is C24H25F5N6O5S. The number of carboxylic acids is 1. The fraction of sp³-hybridized carbons (Fsp3) is 0.417. The number of carbonyl (C=O) groups excluding carboxylic acids is 1. The molecule has 11 nitrogen and oxygen atoms in total. The highest BCUT2D eigenvalue weighted by Gasteiger charge is 2.47. The van der Waals surface area contributed by atoms with Crippen molar-refractivity contribution in [3.05, 3.63) is 41.9 Å². The summed E-state index contributed by atoms with van der Waals surface area (Å²) in [5, 5.41) is 10.0. The SMILES string of the molecule is Cc1ccc(S(=O)(=O)NC2CC(F)(F)C2)cc1-c1cnc2c(N)nc(C(=O)NC3CCC3)cn12.O=C(O)C(F)(F)F. The maximum atomic E-state index is 13.1. The Morgan fingerprint density at radius 2 is 1.80 bits per heavy atom. The van der Waals surface area contributed by atoms with Crippen molar-refractivity contribution < 1.29 is 45.1 Å². The van der Waals surface area contributed by atoms with E-state index in [2.05, 4.69) is 20.0 Å². The van der Waals surface area contributed by atoms with Crippen LogP contribution in [0.4, 0.5) is 27.8 Å². The van der Waals surface area contributed by atoms with E-state index < -0.39 is 47.0 Å². The smallest absolute Gasteiger partial charge is 0.475 e. The number of fused-ring (bicyclic) bond motifs is 1. The first-order chi connectivity index (χ1) is 19.0. The van der Waals surface area contributed by atoms with E-state index >= 15 is 0 Å². The Bertz CT molecular complexity index is 1600. The van der Waals surface area contributed by atoms with Gasteiger partial charge in [0, 0.05) is 36.7 Å². The number of carboxylic acid groups (broad SMARTS) is 1. The Hall–Kier alpha value is -3.86. The molecule has 2 fully saturated rings. The van der Waals surface area contributed by atoms with Crippen molar-refractivity contribution in [2.75, 3.05) is 5.73 Å². The maximum Gasteiger partial charge on any atom is 0.490 e. The lowest BCUT2D eigenvalue weighted by molar-refractivity contribution is -0.192. The first-order valence-electron chi connectivity index (χ1n) is 12.2. The fourth-order valence-corrected chi connectivity index (χ4v) is 5.47. The molecular weight excluding hydrogens is 579 g/mol. The molecule has 2 heterocycles. The molecule has 2 aromatic heterocycles. The van der Waals surface area contributed by atoms with Crippen LogP contribution in [0.1, 0.15) is 48.2 Å². The number of aromatic nitrogens is 3. The van der Waals surface area contributed by atoms with Gasteiger partial charge in [0.15, 0.2) is 11.5 Å². The Labute approximate surface area is 230 Å². The number of carbonyl (C=O) groups is 2. The van der Waals surface area contributed by atoms with Crippen LogP contribution in [0.3, 0.4) is 0 Å². The van der Waals surface area contributed by atoms with Gasteiger partial charge in [-0.25, -0.2) is 36.7 Å². The van der Waals surface area contributed by atoms with E-state index in [4.69, 9.17) is 15.6 Å². The topological polar surface area (TPSA) is 169 Å². The summed E-state index contributed by atoms with van der Waals surface area (Å²) in [6, 6.07) is 3.84. The second-order valence-corrected chi connectivity index (χ2v) is 11.5. The van der Waals surface area contributed by atoms with Crippen LogP contribution in [0.2, 0.25) is 0 Å². The average Bonchev–Trinajstić information content (AvgIpc) is 3.24. The normalized spacial score (nSPS) is 17.2. The van der Waals surface area contributed by atoms with E-state index in [1.807, 2.05) is 0 Å². The van der Waals surface area contributed by atoms with Crippen LogP contribution in [0.5, 0.6) is 0 Å². The summed E-state index contributed by atoms with van der Waals surface area (Å²) >= 11 is 0. The van der Waals surface area contributed by atoms with E-state index in [1.165, 1.54) is 24.5 Å². The molecule has 0 spiro atoms. The van der Waals surface area contributed by atoms with E-state index in [9.17, 15) is 35.2 Å². The van der Waals surface area contributed by atoms with E-state index in [0.29, 0.717) is 16.9 Å². The van der Waals surface area contributed by atoms with Crippen molar-refractivity contribution in [2.24, 2.45) is 0 Å². The number of rotatable bonds is 6. The standard InChI is InChI=1S/C22H24F2N6O3S.C2HF3O2/c1-12-5-6-15(34(32,33)29-14-8-22(23,24)9-14)7-16(12)18-10-26-20-19(25)28-17(11-30(18)20)21(31)27-13-3-2-4-13;3-2(4,5)1(6)7/h5-7,10-11,13-14,29H,2-4,8-9H2,1H3,(H2,25,28)(H,27,31);(H,6,7). The highest BCUT2D eigenvalue weighted by atomic mass is 32.2. The second-order valence-electron chi connectivity index (χ2n) is 9.81. The van der Waals surface area contributed by atoms with Crippen molar-refractivity contribution in [3.8, 4) is 11.3 Å². The third-order valence-corrected chi connectivity index (χ3v) is 8.16. The Kier molecular flexibility index (Phi) is 7.97. The molecule has 41 heavy (non-hydrogen) atoms. The minimum absolute atomic E-state index is 0.0526. The molecule has 5 N–H and O–H groups in total. The quantitative estimate of drug-likeness (QED) is 0.311. The van der Waals surface area contributed by atoms with Gasteiger partial charge < -0.3 is 16.2 Å². The number of halogens is 5. The van der Waals surface area contributed by atoms with Crippen LogP contribution in [-0.4, -0.2) is 64.0 Å². The van der Waals surface area contributed by atoms with Crippen LogP contribution in [0.25, 0.3) is 16.9 Å². The maximum absolute atomic E-state index is 13.1. The number of aryl methyl sites for hydroxylation is 1. The molecule has 5 rings (SSSR count). The number of nitrogen functional groups attached to an aromatic ring is 1. The van der Waals surface area contributed by atoms with Crippen molar-refractivity contribution >= 4 is 33.4 Å². The largest absolute Gasteiger partial charge is 0.490 e. The fourth-order valence-electron chi connectivity index (χ4n) is 4.21. The van der Waals surface area contributed by atoms with E-state index in [1.54, 1.807) is 17.4 Å². The highest BCUT2D eigenvalue weighted by Crippen LogP contribution is 2.38. The number of amides is 1. The molecule has 1 amide bonds. The zero-order chi connectivity index (χ0) is 30.3. The number of anilines is 1. The molecule has 1 aromatic carbocycles. The molecule has 0 saturated heterocycles. The van der Waals surface area contributed by atoms with Gasteiger partial charge in [0.2, 0.25) is 10.0 Å². The van der Waals surface area contributed by atoms with Crippen LogP contribution in [0.15, 0.2) is 35.5 Å². The molecule has 3 aromatic rings. The molecule has 2 aliphatic rings. The number of sulfonamides is 1. The van der Waals surface area contributed by atoms with Gasteiger partial charge in [-0.15, -0.1) is 0 Å². The van der Waals surface area contributed by atoms with Gasteiger partial charge in [0.25, 0.3) is 11.8 Å². The Balaban J connectivity index is 0.000000493. The number of aliphatic carboxylic acids is 1. The number of benzene rings is 1. The second kappa shape index (κ2) is 10.8. The van der Waals surface area contributed by atoms with Gasteiger partial charge in [-0.05, 0) is 43.9 Å². The predicted octanol–water partition coefficient (Wildman–Crippen LogP) is 3.28. The summed E-state index contributed by atoms with van der Waals surface area (Å²) in [7, 11) is -4.01. The van der Waals surface area contributed by atoms with Gasteiger partial charge in [-0.2, -0.15) is 13.2 Å². The number of hydrogen-bond donors (Lipinski definition) is 4. The van der Waals surface area contributed by atoms with E-state index in [-0.39, 0.29) is 28.4 Å². The lowest BCUT2D eigenvalue weighted by atomic mass is 9.89. The molecule has 2 saturated carbocycles. The van der Waals surface area contributed by atoms with Gasteiger partial charge in [-0.1, -0.05) is 6.07 Å². The zero-order valence-corrected chi connectivity index (χ0v) is 22.2. The molecule has 0 bridgehead atoms. The number of hydrogen-bond acceptors (Lipinski definition) is 7. The summed E-state index contributed by atoms with van der Waals surface area (Å²) in [5.41, 5.74) is 8.34. The van der Waals surface area contributed by atoms with Crippen molar-refractivity contribution in [2.45, 2.75) is 68.1 Å². The zero-order valence-electron chi connectivity index (χ0n) is 21.4. The lowest BCUT2D eigenvalue weighted by Crippen LogP contribution is -2.50. The molecule has 0 unspecified atom stereocenters. The summed E-state index contributed by atoms with van der Waals surface area (Å²) in [6.45, 7) is 1.81. The van der Waals surface area contributed by atoms with Crippen LogP contribution < -0.4 is 15.8 Å². The van der Waals surface area contributed by atoms with Gasteiger partial charge in [0.1, 0.15) is 5.69 Å². The monoisotopic (exact) mass is 604 g/mol. The predicted molar refractivity (Wildman–Crippen MR) is 135 cm³/mol. The number of nitrogens with one attached hydrogen (secondary N) is 2. The van der Waals surface area contributed by atoms with Gasteiger partial charge >= 0.3 is 12.1 Å². The Morgan fingerprint density at radius 1 is 1.17 bits per heavy atom. The minimum atomic E-state index is -5.08. The van der Waals surface area contributed by atoms with Crippen LogP contribution in [-0.2, 0) is 14.8 Å². The third kappa shape index (κ3) is 6.73. The summed E-state index contributed by atoms with van der Waals surface area (Å²) < 4.78 is 87.6. The van der Waals surface area contributed by atoms with Crippen LogP contribution >= 0.6 is 0 Å². The number of nitrogens with two attached hydrogens (primary N) is 1. The highest BCUT2D eigenvalue weighted by molar-refractivity contribution is 7.89. The van der Waals surface area contributed by atoms with E-state index in [0.717, 1.165) is 24.8 Å². The summed E-state index contributed by atoms with van der Waals surface area (Å²) in [5.74, 6) is -5.86. The summed E-state index contributed by atoms with van der Waals surface area (Å²) in [4.78, 5) is 30.0. The minimum Gasteiger partial charge on any atom is -0.475 e. The van der Waals surface area contributed by atoms with Gasteiger partial charge in [-0.3, -0.25) is 9.20 Å². The van der Waals surface area contributed by atoms with Crippen molar-refractivity contribution in [3.63, 3.8) is 0 Å². The number of imidazole rings is 1. The molecule has 0 aliphatic heterocycles. The molecule has 0 radical (unpaired) electrons. The number of alkyl halides is 5. The first kappa shape index (κ1) is 30.1. The average molecular weight is 605 g/mol. The molecule has 0 atom stereocenters. The first-order valence-corrected chi connectivity index (χ1v) is 13.7. The molecule has 17 heteroatoms. The molecule has 2 aliphatic carbocycles. The van der Waals surface area contributed by atoms with Crippen LogP contribution in [0, 0.1) is 6.92 Å². The summed E-state index contributed by atoms with van der Waals surface area (Å²) in [6.07, 6.45) is -0.148. The lowest BCUT2D eigenvalue weighted by Gasteiger charge is -2.35. The Morgan fingerprint density at radius 3 is 2.34 bits per heavy atom.